The highest BCUT2D eigenvalue weighted by Gasteiger charge is 2.42. The van der Waals surface area contributed by atoms with E-state index in [-0.39, 0.29) is 10.3 Å². The van der Waals surface area contributed by atoms with Crippen molar-refractivity contribution in [2.75, 3.05) is 12.4 Å². The number of rotatable bonds is 5. The van der Waals surface area contributed by atoms with Gasteiger partial charge in [0.2, 0.25) is 10.0 Å². The van der Waals surface area contributed by atoms with E-state index in [9.17, 15) is 8.42 Å². The Morgan fingerprint density at radius 3 is 2.59 bits per heavy atom. The molecule has 0 saturated heterocycles. The minimum Gasteiger partial charge on any atom is -0.211 e. The second kappa shape index (κ2) is 4.76. The molecule has 6 heteroatoms. The molecule has 0 atom stereocenters. The van der Waals surface area contributed by atoms with Crippen molar-refractivity contribution in [3.05, 3.63) is 29.3 Å². The molecule has 1 aromatic rings. The smallest absolute Gasteiger partial charge is 0.211 e. The monoisotopic (exact) mass is 293 g/mol. The molecule has 0 spiro atoms. The number of hydrogen-bond donors (Lipinski definition) is 1. The van der Waals surface area contributed by atoms with Crippen molar-refractivity contribution < 1.29 is 8.42 Å². The third-order valence-electron chi connectivity index (χ3n) is 2.98. The first kappa shape index (κ1) is 13.1. The Labute approximate surface area is 111 Å². The Balaban J connectivity index is 2.09. The Morgan fingerprint density at radius 2 is 2.06 bits per heavy atom. The van der Waals surface area contributed by atoms with Crippen LogP contribution in [0, 0.1) is 5.41 Å². The topological polar surface area (TPSA) is 46.2 Å². The van der Waals surface area contributed by atoms with Crippen molar-refractivity contribution in [1.29, 1.82) is 0 Å². The van der Waals surface area contributed by atoms with Gasteiger partial charge in [-0.25, -0.2) is 13.1 Å². The highest BCUT2D eigenvalue weighted by molar-refractivity contribution is 7.89. The molecule has 0 aromatic heterocycles. The Kier molecular flexibility index (Phi) is 3.69. The summed E-state index contributed by atoms with van der Waals surface area (Å²) in [5, 5.41) is 0.409. The predicted octanol–water partition coefficient (Wildman–Crippen LogP) is 2.64. The SMILES string of the molecule is O=S(=O)(NCC1(CCl)CC1)c1cccc(Cl)c1. The average Bonchev–Trinajstić information content (AvgIpc) is 3.07. The van der Waals surface area contributed by atoms with E-state index in [4.69, 9.17) is 23.2 Å². The van der Waals surface area contributed by atoms with Gasteiger partial charge in [0, 0.05) is 17.4 Å². The molecule has 1 N–H and O–H groups in total. The fourth-order valence-corrected chi connectivity index (χ4v) is 3.32. The quantitative estimate of drug-likeness (QED) is 0.849. The first-order chi connectivity index (χ1) is 7.97. The molecular weight excluding hydrogens is 281 g/mol. The van der Waals surface area contributed by atoms with Crippen LogP contribution < -0.4 is 4.72 Å². The van der Waals surface area contributed by atoms with Gasteiger partial charge in [-0.3, -0.25) is 0 Å². The van der Waals surface area contributed by atoms with Gasteiger partial charge in [-0.05, 0) is 36.5 Å². The first-order valence-electron chi connectivity index (χ1n) is 5.29. The number of sulfonamides is 1. The van der Waals surface area contributed by atoms with Crippen molar-refractivity contribution in [3.63, 3.8) is 0 Å². The maximum absolute atomic E-state index is 12.0. The summed E-state index contributed by atoms with van der Waals surface area (Å²) >= 11 is 11.6. The predicted molar refractivity (Wildman–Crippen MR) is 69.0 cm³/mol. The second-order valence-electron chi connectivity index (χ2n) is 4.42. The summed E-state index contributed by atoms with van der Waals surface area (Å²) in [6.45, 7) is 0.394. The molecule has 3 nitrogen and oxygen atoms in total. The van der Waals surface area contributed by atoms with Crippen molar-refractivity contribution in [2.24, 2.45) is 5.41 Å². The summed E-state index contributed by atoms with van der Waals surface area (Å²) < 4.78 is 26.5. The van der Waals surface area contributed by atoms with Crippen LogP contribution in [-0.2, 0) is 10.0 Å². The zero-order chi connectivity index (χ0) is 12.5. The van der Waals surface area contributed by atoms with Crippen LogP contribution in [0.5, 0.6) is 0 Å². The molecule has 94 valence electrons. The Bertz CT molecular complexity index is 512. The van der Waals surface area contributed by atoms with Crippen LogP contribution in [0.25, 0.3) is 0 Å². The summed E-state index contributed by atoms with van der Waals surface area (Å²) in [7, 11) is -3.48. The number of alkyl halides is 1. The van der Waals surface area contributed by atoms with Gasteiger partial charge in [0.05, 0.1) is 4.90 Å². The fourth-order valence-electron chi connectivity index (χ4n) is 1.50. The lowest BCUT2D eigenvalue weighted by atomic mass is 10.1. The van der Waals surface area contributed by atoms with Crippen LogP contribution in [0.3, 0.4) is 0 Å². The van der Waals surface area contributed by atoms with Gasteiger partial charge >= 0.3 is 0 Å². The van der Waals surface area contributed by atoms with Gasteiger partial charge < -0.3 is 0 Å². The van der Waals surface area contributed by atoms with E-state index in [1.807, 2.05) is 0 Å². The van der Waals surface area contributed by atoms with Gasteiger partial charge in [0.1, 0.15) is 0 Å². The minimum absolute atomic E-state index is 0.0345. The van der Waals surface area contributed by atoms with Crippen molar-refractivity contribution in [3.8, 4) is 0 Å². The highest BCUT2D eigenvalue weighted by atomic mass is 35.5. The average molecular weight is 294 g/mol. The van der Waals surface area contributed by atoms with Crippen LogP contribution in [-0.4, -0.2) is 20.8 Å². The van der Waals surface area contributed by atoms with E-state index in [1.165, 1.54) is 12.1 Å². The highest BCUT2D eigenvalue weighted by Crippen LogP contribution is 2.46. The van der Waals surface area contributed by atoms with Gasteiger partial charge in [-0.15, -0.1) is 11.6 Å². The summed E-state index contributed by atoms with van der Waals surface area (Å²) in [5.41, 5.74) is -0.0345. The third kappa shape index (κ3) is 3.13. The van der Waals surface area contributed by atoms with Crippen LogP contribution in [0.4, 0.5) is 0 Å². The maximum Gasteiger partial charge on any atom is 0.240 e. The second-order valence-corrected chi connectivity index (χ2v) is 6.89. The minimum atomic E-state index is -3.48. The molecule has 0 heterocycles. The maximum atomic E-state index is 12.0. The van der Waals surface area contributed by atoms with Crippen LogP contribution >= 0.6 is 23.2 Å². The zero-order valence-corrected chi connectivity index (χ0v) is 11.4. The standard InChI is InChI=1S/C11H13Cl2NO2S/c12-7-11(4-5-11)8-14-17(15,16)10-3-1-2-9(13)6-10/h1-3,6,14H,4-5,7-8H2. The summed E-state index contributed by atoms with van der Waals surface area (Å²) in [6.07, 6.45) is 1.96. The molecule has 17 heavy (non-hydrogen) atoms. The molecule has 0 bridgehead atoms. The molecular formula is C11H13Cl2NO2S. The lowest BCUT2D eigenvalue weighted by Gasteiger charge is -2.12. The summed E-state index contributed by atoms with van der Waals surface area (Å²) in [5.74, 6) is 0.491. The van der Waals surface area contributed by atoms with E-state index >= 15 is 0 Å². The lowest BCUT2D eigenvalue weighted by molar-refractivity contribution is 0.534. The van der Waals surface area contributed by atoms with Gasteiger partial charge in [-0.1, -0.05) is 17.7 Å². The van der Waals surface area contributed by atoms with Gasteiger partial charge in [0.15, 0.2) is 0 Å². The molecule has 1 aromatic carbocycles. The zero-order valence-electron chi connectivity index (χ0n) is 9.12. The first-order valence-corrected chi connectivity index (χ1v) is 7.68. The van der Waals surface area contributed by atoms with Gasteiger partial charge in [-0.2, -0.15) is 0 Å². The van der Waals surface area contributed by atoms with Crippen LogP contribution in [0.1, 0.15) is 12.8 Å². The molecule has 1 aliphatic carbocycles. The number of halogens is 2. The van der Waals surface area contributed by atoms with Crippen LogP contribution in [0.2, 0.25) is 5.02 Å². The largest absolute Gasteiger partial charge is 0.240 e. The molecule has 0 radical (unpaired) electrons. The molecule has 0 unspecified atom stereocenters. The van der Waals surface area contributed by atoms with E-state index in [2.05, 4.69) is 4.72 Å². The Morgan fingerprint density at radius 1 is 1.35 bits per heavy atom. The van der Waals surface area contributed by atoms with Gasteiger partial charge in [0.25, 0.3) is 0 Å². The lowest BCUT2D eigenvalue weighted by Crippen LogP contribution is -2.31. The molecule has 1 fully saturated rings. The Hall–Kier alpha value is -0.290. The van der Waals surface area contributed by atoms with E-state index < -0.39 is 10.0 Å². The summed E-state index contributed by atoms with van der Waals surface area (Å²) in [6, 6.07) is 6.21. The number of hydrogen-bond acceptors (Lipinski definition) is 2. The molecule has 0 aliphatic heterocycles. The molecule has 1 aliphatic rings. The third-order valence-corrected chi connectivity index (χ3v) is 5.19. The molecule has 2 rings (SSSR count). The van der Waals surface area contributed by atoms with Crippen molar-refractivity contribution >= 4 is 33.2 Å². The van der Waals surface area contributed by atoms with E-state index in [0.717, 1.165) is 12.8 Å². The molecule has 0 amide bonds. The van der Waals surface area contributed by atoms with E-state index in [0.29, 0.717) is 17.4 Å². The normalized spacial score (nSPS) is 18.0. The van der Waals surface area contributed by atoms with Crippen molar-refractivity contribution in [2.45, 2.75) is 17.7 Å². The van der Waals surface area contributed by atoms with E-state index in [1.54, 1.807) is 12.1 Å². The number of nitrogens with one attached hydrogen (secondary N) is 1. The van der Waals surface area contributed by atoms with Crippen LogP contribution in [0.15, 0.2) is 29.2 Å². The van der Waals surface area contributed by atoms with Crippen molar-refractivity contribution in [1.82, 2.24) is 4.72 Å². The fraction of sp³-hybridized carbons (Fsp3) is 0.455. The summed E-state index contributed by atoms with van der Waals surface area (Å²) in [4.78, 5) is 0.190. The number of benzene rings is 1. The molecule has 1 saturated carbocycles.